The third kappa shape index (κ3) is 4.29. The number of pyridine rings is 1. The number of hydrogen-bond donors (Lipinski definition) is 1. The van der Waals surface area contributed by atoms with Crippen molar-refractivity contribution in [1.82, 2.24) is 10.3 Å². The molecule has 0 aromatic carbocycles. The molecule has 1 rings (SSSR count). The zero-order chi connectivity index (χ0) is 11.8. The SMILES string of the molecule is [N-]=[N+]=NCCCNC(=O)c1ccc(Br)cn1. The summed E-state index contributed by atoms with van der Waals surface area (Å²) in [7, 11) is 0. The van der Waals surface area contributed by atoms with Gasteiger partial charge in [0.25, 0.3) is 5.91 Å². The monoisotopic (exact) mass is 283 g/mol. The molecule has 0 saturated carbocycles. The quantitative estimate of drug-likeness (QED) is 0.389. The highest BCUT2D eigenvalue weighted by Gasteiger charge is 2.04. The topological polar surface area (TPSA) is 90.8 Å². The number of nitrogens with one attached hydrogen (secondary N) is 1. The molecule has 1 N–H and O–H groups in total. The molecule has 0 aliphatic carbocycles. The van der Waals surface area contributed by atoms with E-state index in [9.17, 15) is 4.79 Å². The van der Waals surface area contributed by atoms with Crippen LogP contribution in [0.1, 0.15) is 16.9 Å². The molecule has 6 nitrogen and oxygen atoms in total. The molecule has 1 aromatic rings. The van der Waals surface area contributed by atoms with Gasteiger partial charge in [0, 0.05) is 28.7 Å². The highest BCUT2D eigenvalue weighted by Crippen LogP contribution is 2.07. The van der Waals surface area contributed by atoms with E-state index in [1.807, 2.05) is 0 Å². The number of nitrogens with zero attached hydrogens (tertiary/aromatic N) is 4. The zero-order valence-electron chi connectivity index (χ0n) is 8.43. The van der Waals surface area contributed by atoms with Crippen LogP contribution in [0.4, 0.5) is 0 Å². The predicted molar refractivity (Wildman–Crippen MR) is 62.9 cm³/mol. The van der Waals surface area contributed by atoms with E-state index in [0.29, 0.717) is 25.2 Å². The van der Waals surface area contributed by atoms with Gasteiger partial charge in [-0.25, -0.2) is 4.98 Å². The Balaban J connectivity index is 2.35. The number of azide groups is 1. The molecular weight excluding hydrogens is 274 g/mol. The lowest BCUT2D eigenvalue weighted by atomic mass is 10.3. The van der Waals surface area contributed by atoms with Crippen LogP contribution >= 0.6 is 15.9 Å². The summed E-state index contributed by atoms with van der Waals surface area (Å²) in [6, 6.07) is 3.38. The Kier molecular flexibility index (Phi) is 5.31. The fourth-order valence-corrected chi connectivity index (χ4v) is 1.23. The number of aromatic nitrogens is 1. The van der Waals surface area contributed by atoms with Crippen molar-refractivity contribution >= 4 is 21.8 Å². The van der Waals surface area contributed by atoms with Gasteiger partial charge in [-0.1, -0.05) is 5.11 Å². The van der Waals surface area contributed by atoms with Crippen LogP contribution < -0.4 is 5.32 Å². The van der Waals surface area contributed by atoms with Crippen molar-refractivity contribution in [3.63, 3.8) is 0 Å². The van der Waals surface area contributed by atoms with E-state index in [0.717, 1.165) is 4.47 Å². The van der Waals surface area contributed by atoms with E-state index in [-0.39, 0.29) is 5.91 Å². The molecule has 0 spiro atoms. The van der Waals surface area contributed by atoms with Gasteiger partial charge in [-0.2, -0.15) is 0 Å². The second-order valence-electron chi connectivity index (χ2n) is 2.93. The summed E-state index contributed by atoms with van der Waals surface area (Å²) < 4.78 is 0.826. The van der Waals surface area contributed by atoms with Gasteiger partial charge < -0.3 is 5.32 Å². The second kappa shape index (κ2) is 6.81. The number of carbonyl (C=O) groups is 1. The highest BCUT2D eigenvalue weighted by molar-refractivity contribution is 9.10. The van der Waals surface area contributed by atoms with Crippen LogP contribution in [0, 0.1) is 0 Å². The molecule has 84 valence electrons. The molecule has 0 unspecified atom stereocenters. The number of amides is 1. The van der Waals surface area contributed by atoms with Crippen molar-refractivity contribution in [1.29, 1.82) is 0 Å². The van der Waals surface area contributed by atoms with Gasteiger partial charge in [0.1, 0.15) is 5.69 Å². The van der Waals surface area contributed by atoms with Crippen molar-refractivity contribution in [3.05, 3.63) is 38.9 Å². The van der Waals surface area contributed by atoms with Crippen molar-refractivity contribution in [2.24, 2.45) is 5.11 Å². The molecule has 0 aliphatic rings. The minimum absolute atomic E-state index is 0.228. The molecule has 16 heavy (non-hydrogen) atoms. The minimum Gasteiger partial charge on any atom is -0.351 e. The van der Waals surface area contributed by atoms with Gasteiger partial charge in [-0.3, -0.25) is 4.79 Å². The summed E-state index contributed by atoms with van der Waals surface area (Å²) in [5.41, 5.74) is 8.40. The molecule has 0 saturated heterocycles. The summed E-state index contributed by atoms with van der Waals surface area (Å²) in [5.74, 6) is -0.228. The van der Waals surface area contributed by atoms with Crippen LogP contribution in [-0.2, 0) is 0 Å². The highest BCUT2D eigenvalue weighted by atomic mass is 79.9. The van der Waals surface area contributed by atoms with Gasteiger partial charge in [0.15, 0.2) is 0 Å². The lowest BCUT2D eigenvalue weighted by molar-refractivity contribution is 0.0948. The predicted octanol–water partition coefficient (Wildman–Crippen LogP) is 2.27. The molecule has 1 heterocycles. The fourth-order valence-electron chi connectivity index (χ4n) is 0.997. The molecule has 1 amide bonds. The Hall–Kier alpha value is -1.59. The standard InChI is InChI=1S/C9H10BrN5O/c10-7-2-3-8(13-6-7)9(16)12-4-1-5-14-15-11/h2-3,6H,1,4-5H2,(H,12,16). The molecule has 0 bridgehead atoms. The van der Waals surface area contributed by atoms with Gasteiger partial charge in [0.2, 0.25) is 0 Å². The third-order valence-electron chi connectivity index (χ3n) is 1.74. The Morgan fingerprint density at radius 2 is 2.44 bits per heavy atom. The summed E-state index contributed by atoms with van der Waals surface area (Å²) in [6.45, 7) is 0.847. The summed E-state index contributed by atoms with van der Waals surface area (Å²) in [6.07, 6.45) is 2.18. The van der Waals surface area contributed by atoms with E-state index in [1.165, 1.54) is 0 Å². The Labute approximate surface area is 101 Å². The van der Waals surface area contributed by atoms with E-state index < -0.39 is 0 Å². The van der Waals surface area contributed by atoms with E-state index in [1.54, 1.807) is 18.3 Å². The van der Waals surface area contributed by atoms with Gasteiger partial charge in [-0.15, -0.1) is 0 Å². The Morgan fingerprint density at radius 1 is 1.62 bits per heavy atom. The average Bonchev–Trinajstić information content (AvgIpc) is 2.29. The van der Waals surface area contributed by atoms with Crippen LogP contribution in [0.2, 0.25) is 0 Å². The molecule has 1 aromatic heterocycles. The summed E-state index contributed by atoms with van der Waals surface area (Å²) >= 11 is 3.23. The smallest absolute Gasteiger partial charge is 0.269 e. The second-order valence-corrected chi connectivity index (χ2v) is 3.84. The van der Waals surface area contributed by atoms with Crippen LogP contribution in [0.5, 0.6) is 0 Å². The first-order chi connectivity index (χ1) is 7.74. The molecule has 0 fully saturated rings. The van der Waals surface area contributed by atoms with Gasteiger partial charge in [-0.05, 0) is 40.0 Å². The summed E-state index contributed by atoms with van der Waals surface area (Å²) in [4.78, 5) is 18.1. The van der Waals surface area contributed by atoms with Gasteiger partial charge >= 0.3 is 0 Å². The number of hydrogen-bond acceptors (Lipinski definition) is 3. The van der Waals surface area contributed by atoms with Crippen molar-refractivity contribution < 1.29 is 4.79 Å². The maximum atomic E-state index is 11.5. The maximum absolute atomic E-state index is 11.5. The summed E-state index contributed by atoms with van der Waals surface area (Å²) in [5, 5.41) is 6.04. The normalized spacial score (nSPS) is 9.31. The Bertz CT molecular complexity index is 399. The fraction of sp³-hybridized carbons (Fsp3) is 0.333. The first kappa shape index (κ1) is 12.5. The van der Waals surface area contributed by atoms with E-state index >= 15 is 0 Å². The number of rotatable bonds is 5. The molecule has 7 heteroatoms. The van der Waals surface area contributed by atoms with Gasteiger partial charge in [0.05, 0.1) is 0 Å². The number of carbonyl (C=O) groups excluding carboxylic acids is 1. The van der Waals surface area contributed by atoms with Crippen LogP contribution in [-0.4, -0.2) is 24.0 Å². The van der Waals surface area contributed by atoms with Crippen molar-refractivity contribution in [2.45, 2.75) is 6.42 Å². The minimum atomic E-state index is -0.228. The first-order valence-corrected chi connectivity index (χ1v) is 5.44. The van der Waals surface area contributed by atoms with E-state index in [2.05, 4.69) is 36.3 Å². The maximum Gasteiger partial charge on any atom is 0.269 e. The largest absolute Gasteiger partial charge is 0.351 e. The lowest BCUT2D eigenvalue weighted by Gasteiger charge is -2.02. The van der Waals surface area contributed by atoms with E-state index in [4.69, 9.17) is 5.53 Å². The molecular formula is C9H10BrN5O. The van der Waals surface area contributed by atoms with Crippen molar-refractivity contribution in [2.75, 3.05) is 13.1 Å². The first-order valence-electron chi connectivity index (χ1n) is 4.64. The Morgan fingerprint density at radius 3 is 3.06 bits per heavy atom. The van der Waals surface area contributed by atoms with Crippen LogP contribution in [0.3, 0.4) is 0 Å². The molecule has 0 radical (unpaired) electrons. The van der Waals surface area contributed by atoms with Crippen molar-refractivity contribution in [3.8, 4) is 0 Å². The third-order valence-corrected chi connectivity index (χ3v) is 2.21. The average molecular weight is 284 g/mol. The molecule has 0 aliphatic heterocycles. The van der Waals surface area contributed by atoms with Crippen LogP contribution in [0.25, 0.3) is 10.4 Å². The number of halogens is 1. The lowest BCUT2D eigenvalue weighted by Crippen LogP contribution is -2.25. The molecule has 0 atom stereocenters. The zero-order valence-corrected chi connectivity index (χ0v) is 10.0. The van der Waals surface area contributed by atoms with Crippen LogP contribution in [0.15, 0.2) is 27.9 Å².